The topological polar surface area (TPSA) is 95.0 Å². The summed E-state index contributed by atoms with van der Waals surface area (Å²) < 4.78 is 23.5. The molecule has 90 valence electrons. The van der Waals surface area contributed by atoms with Gasteiger partial charge in [0.05, 0.1) is 12.1 Å². The number of hydrogen-bond acceptors (Lipinski definition) is 5. The first kappa shape index (κ1) is 12.9. The molecule has 0 radical (unpaired) electrons. The maximum absolute atomic E-state index is 11.5. The molecule has 1 rings (SSSR count). The average Bonchev–Trinajstić information content (AvgIpc) is 2.62. The lowest BCUT2D eigenvalue weighted by atomic mass is 10.2. The van der Waals surface area contributed by atoms with Crippen LogP contribution in [0.4, 0.5) is 0 Å². The van der Waals surface area contributed by atoms with Crippen molar-refractivity contribution in [2.45, 2.75) is 13.0 Å². The van der Waals surface area contributed by atoms with Crippen LogP contribution in [-0.4, -0.2) is 42.3 Å². The fraction of sp³-hybridized carbons (Fsp3) is 0.556. The van der Waals surface area contributed by atoms with Gasteiger partial charge in [0.1, 0.15) is 15.5 Å². The van der Waals surface area contributed by atoms with E-state index in [2.05, 4.69) is 4.98 Å². The second-order valence-corrected chi connectivity index (χ2v) is 5.85. The molecule has 0 unspecified atom stereocenters. The van der Waals surface area contributed by atoms with Crippen LogP contribution in [0.1, 0.15) is 16.9 Å². The maximum atomic E-state index is 11.5. The van der Waals surface area contributed by atoms with Gasteiger partial charge in [0.25, 0.3) is 0 Å². The minimum Gasteiger partial charge on any atom is -0.335 e. The summed E-state index contributed by atoms with van der Waals surface area (Å²) in [6.45, 7) is 1.06. The third-order valence-corrected chi connectivity index (χ3v) is 2.95. The summed E-state index contributed by atoms with van der Waals surface area (Å²) in [4.78, 5) is 15.4. The van der Waals surface area contributed by atoms with Crippen molar-refractivity contribution < 1.29 is 13.2 Å². The molecule has 0 atom stereocenters. The molecular formula is C9H15N3O3S. The van der Waals surface area contributed by atoms with Gasteiger partial charge in [-0.3, -0.25) is 4.79 Å². The summed E-state index contributed by atoms with van der Waals surface area (Å²) in [7, 11) is -3.11. The molecule has 0 aliphatic heterocycles. The van der Waals surface area contributed by atoms with Crippen molar-refractivity contribution in [3.8, 4) is 0 Å². The standard InChI is InChI=1S/C9H15N3O3S/c1-16(14,15)5-2-9(13)8-6-12(4-3-10)7-11-8/h6-7H,2-5,10H2,1H3. The highest BCUT2D eigenvalue weighted by atomic mass is 32.2. The zero-order valence-electron chi connectivity index (χ0n) is 9.09. The Hall–Kier alpha value is -1.21. The van der Waals surface area contributed by atoms with Gasteiger partial charge in [-0.2, -0.15) is 0 Å². The molecule has 0 amide bonds. The highest BCUT2D eigenvalue weighted by Crippen LogP contribution is 2.02. The third-order valence-electron chi connectivity index (χ3n) is 2.01. The van der Waals surface area contributed by atoms with Crippen LogP contribution in [-0.2, 0) is 16.4 Å². The van der Waals surface area contributed by atoms with Gasteiger partial charge in [0, 0.05) is 32.0 Å². The fourth-order valence-electron chi connectivity index (χ4n) is 1.18. The number of carbonyl (C=O) groups is 1. The molecule has 6 nitrogen and oxygen atoms in total. The van der Waals surface area contributed by atoms with Crippen LogP contribution in [0.15, 0.2) is 12.5 Å². The predicted molar refractivity (Wildman–Crippen MR) is 59.9 cm³/mol. The molecule has 0 saturated carbocycles. The van der Waals surface area contributed by atoms with Crippen LogP contribution in [0.3, 0.4) is 0 Å². The number of imidazole rings is 1. The second-order valence-electron chi connectivity index (χ2n) is 3.59. The van der Waals surface area contributed by atoms with Gasteiger partial charge >= 0.3 is 0 Å². The van der Waals surface area contributed by atoms with E-state index in [0.717, 1.165) is 6.26 Å². The first-order valence-corrected chi connectivity index (χ1v) is 6.91. The van der Waals surface area contributed by atoms with Gasteiger partial charge in [-0.15, -0.1) is 0 Å². The molecular weight excluding hydrogens is 230 g/mol. The van der Waals surface area contributed by atoms with Crippen molar-refractivity contribution in [3.63, 3.8) is 0 Å². The van der Waals surface area contributed by atoms with Crippen LogP contribution in [0, 0.1) is 0 Å². The minimum atomic E-state index is -3.11. The lowest BCUT2D eigenvalue weighted by molar-refractivity contribution is 0.0984. The van der Waals surface area contributed by atoms with Crippen molar-refractivity contribution in [1.29, 1.82) is 0 Å². The van der Waals surface area contributed by atoms with E-state index in [0.29, 0.717) is 13.1 Å². The van der Waals surface area contributed by atoms with Crippen molar-refractivity contribution in [2.75, 3.05) is 18.6 Å². The van der Waals surface area contributed by atoms with Gasteiger partial charge in [-0.25, -0.2) is 13.4 Å². The smallest absolute Gasteiger partial charge is 0.183 e. The van der Waals surface area contributed by atoms with Crippen LogP contribution in [0.5, 0.6) is 0 Å². The Labute approximate surface area is 94.4 Å². The molecule has 1 heterocycles. The number of ketones is 1. The second kappa shape index (κ2) is 5.22. The van der Waals surface area contributed by atoms with Gasteiger partial charge in [0.15, 0.2) is 5.78 Å². The molecule has 0 aliphatic carbocycles. The predicted octanol–water partition coefficient (Wildman–Crippen LogP) is -0.541. The number of Topliss-reactive ketones (excluding diaryl/α,β-unsaturated/α-hetero) is 1. The van der Waals surface area contributed by atoms with Gasteiger partial charge in [-0.1, -0.05) is 0 Å². The van der Waals surface area contributed by atoms with Crippen molar-refractivity contribution in [1.82, 2.24) is 9.55 Å². The summed E-state index contributed by atoms with van der Waals surface area (Å²) in [5.74, 6) is -0.406. The monoisotopic (exact) mass is 245 g/mol. The summed E-state index contributed by atoms with van der Waals surface area (Å²) in [6, 6.07) is 0. The molecule has 1 aromatic rings. The fourth-order valence-corrected chi connectivity index (χ4v) is 1.74. The van der Waals surface area contributed by atoms with E-state index in [9.17, 15) is 13.2 Å². The summed E-state index contributed by atoms with van der Waals surface area (Å²) >= 11 is 0. The molecule has 0 spiro atoms. The Morgan fingerprint density at radius 3 is 2.81 bits per heavy atom. The number of aromatic nitrogens is 2. The lowest BCUT2D eigenvalue weighted by Gasteiger charge is -1.97. The van der Waals surface area contributed by atoms with Gasteiger partial charge < -0.3 is 10.3 Å². The quantitative estimate of drug-likeness (QED) is 0.679. The van der Waals surface area contributed by atoms with Crippen LogP contribution < -0.4 is 5.73 Å². The zero-order chi connectivity index (χ0) is 12.2. The molecule has 16 heavy (non-hydrogen) atoms. The summed E-state index contributed by atoms with van der Waals surface area (Å²) in [6.07, 6.45) is 4.17. The lowest BCUT2D eigenvalue weighted by Crippen LogP contribution is -2.10. The summed E-state index contributed by atoms with van der Waals surface area (Å²) in [5.41, 5.74) is 5.64. The third kappa shape index (κ3) is 4.11. The number of rotatable bonds is 6. The zero-order valence-corrected chi connectivity index (χ0v) is 9.90. The van der Waals surface area contributed by atoms with E-state index in [1.165, 1.54) is 6.33 Å². The maximum Gasteiger partial charge on any atom is 0.183 e. The molecule has 0 bridgehead atoms. The Kier molecular flexibility index (Phi) is 4.19. The summed E-state index contributed by atoms with van der Waals surface area (Å²) in [5, 5.41) is 0. The first-order chi connectivity index (χ1) is 7.42. The van der Waals surface area contributed by atoms with Gasteiger partial charge in [-0.05, 0) is 0 Å². The van der Waals surface area contributed by atoms with E-state index in [-0.39, 0.29) is 23.7 Å². The molecule has 7 heteroatoms. The van der Waals surface area contributed by atoms with Crippen molar-refractivity contribution in [2.24, 2.45) is 5.73 Å². The highest BCUT2D eigenvalue weighted by Gasteiger charge is 2.12. The van der Waals surface area contributed by atoms with E-state index >= 15 is 0 Å². The van der Waals surface area contributed by atoms with E-state index < -0.39 is 9.84 Å². The Balaban J connectivity index is 2.59. The van der Waals surface area contributed by atoms with Crippen molar-refractivity contribution in [3.05, 3.63) is 18.2 Å². The minimum absolute atomic E-state index is 0.0293. The molecule has 1 aromatic heterocycles. The largest absolute Gasteiger partial charge is 0.335 e. The Morgan fingerprint density at radius 1 is 1.56 bits per heavy atom. The molecule has 2 N–H and O–H groups in total. The van der Waals surface area contributed by atoms with E-state index in [1.807, 2.05) is 0 Å². The highest BCUT2D eigenvalue weighted by molar-refractivity contribution is 7.90. The van der Waals surface area contributed by atoms with Gasteiger partial charge in [0.2, 0.25) is 0 Å². The van der Waals surface area contributed by atoms with Crippen LogP contribution in [0.2, 0.25) is 0 Å². The normalized spacial score (nSPS) is 11.6. The molecule has 0 saturated heterocycles. The van der Waals surface area contributed by atoms with E-state index in [4.69, 9.17) is 5.73 Å². The number of nitrogens with zero attached hydrogens (tertiary/aromatic N) is 2. The number of sulfone groups is 1. The molecule has 0 fully saturated rings. The number of nitrogens with two attached hydrogens (primary N) is 1. The first-order valence-electron chi connectivity index (χ1n) is 4.85. The average molecular weight is 245 g/mol. The van der Waals surface area contributed by atoms with Crippen molar-refractivity contribution >= 4 is 15.6 Å². The number of hydrogen-bond donors (Lipinski definition) is 1. The Bertz CT molecular complexity index is 464. The van der Waals surface area contributed by atoms with Crippen LogP contribution >= 0.6 is 0 Å². The molecule has 0 aromatic carbocycles. The van der Waals surface area contributed by atoms with Crippen LogP contribution in [0.25, 0.3) is 0 Å². The Morgan fingerprint density at radius 2 is 2.25 bits per heavy atom. The SMILES string of the molecule is CS(=O)(=O)CCC(=O)c1cn(CCN)cn1. The number of carbonyl (C=O) groups excluding carboxylic acids is 1. The van der Waals surface area contributed by atoms with E-state index in [1.54, 1.807) is 10.8 Å². The molecule has 0 aliphatic rings.